The molecule has 2 aromatic carbocycles. The molecule has 0 unspecified atom stereocenters. The molecular weight excluding hydrogens is 302 g/mol. The standard InChI is InChI=1S/C16H19NO4S/c1-12-5-8-14(9-6-12)22(18,19)17(2)15-10-7-13(20-3)11-16(15)21-4/h5-11H,1-4H3. The van der Waals surface area contributed by atoms with Crippen LogP contribution in [-0.2, 0) is 10.0 Å². The van der Waals surface area contributed by atoms with Crippen LogP contribution in [0, 0.1) is 6.92 Å². The Balaban J connectivity index is 2.46. The van der Waals surface area contributed by atoms with Crippen molar-refractivity contribution in [1.29, 1.82) is 0 Å². The predicted molar refractivity (Wildman–Crippen MR) is 86.3 cm³/mol. The fourth-order valence-corrected chi connectivity index (χ4v) is 3.25. The molecule has 118 valence electrons. The molecule has 5 nitrogen and oxygen atoms in total. The third-order valence-electron chi connectivity index (χ3n) is 3.41. The van der Waals surface area contributed by atoms with E-state index in [0.717, 1.165) is 5.56 Å². The molecule has 0 bridgehead atoms. The van der Waals surface area contributed by atoms with Crippen LogP contribution < -0.4 is 13.8 Å². The van der Waals surface area contributed by atoms with E-state index in [1.807, 2.05) is 6.92 Å². The number of methoxy groups -OCH3 is 2. The second kappa shape index (κ2) is 6.27. The number of hydrogen-bond acceptors (Lipinski definition) is 4. The maximum atomic E-state index is 12.7. The Bertz CT molecular complexity index is 754. The lowest BCUT2D eigenvalue weighted by atomic mass is 10.2. The molecule has 0 atom stereocenters. The van der Waals surface area contributed by atoms with Crippen LogP contribution in [0.1, 0.15) is 5.56 Å². The number of aryl methyl sites for hydroxylation is 1. The molecule has 0 aliphatic carbocycles. The number of rotatable bonds is 5. The van der Waals surface area contributed by atoms with E-state index in [1.165, 1.54) is 18.5 Å². The minimum absolute atomic E-state index is 0.235. The lowest BCUT2D eigenvalue weighted by Gasteiger charge is -2.22. The molecule has 0 saturated heterocycles. The van der Waals surface area contributed by atoms with Gasteiger partial charge in [0.2, 0.25) is 0 Å². The molecule has 0 aliphatic heterocycles. The average Bonchev–Trinajstić information content (AvgIpc) is 2.53. The van der Waals surface area contributed by atoms with Gasteiger partial charge >= 0.3 is 0 Å². The SMILES string of the molecule is COc1ccc(N(C)S(=O)(=O)c2ccc(C)cc2)c(OC)c1. The van der Waals surface area contributed by atoms with E-state index in [2.05, 4.69) is 0 Å². The van der Waals surface area contributed by atoms with Crippen molar-refractivity contribution in [2.45, 2.75) is 11.8 Å². The first-order valence-corrected chi connectivity index (χ1v) is 8.12. The average molecular weight is 321 g/mol. The van der Waals surface area contributed by atoms with E-state index in [1.54, 1.807) is 49.6 Å². The van der Waals surface area contributed by atoms with Crippen molar-refractivity contribution in [3.05, 3.63) is 48.0 Å². The fourth-order valence-electron chi connectivity index (χ4n) is 2.04. The number of sulfonamides is 1. The maximum Gasteiger partial charge on any atom is 0.264 e. The molecule has 2 aromatic rings. The second-order valence-electron chi connectivity index (χ2n) is 4.82. The Morgan fingerprint density at radius 1 is 0.955 bits per heavy atom. The van der Waals surface area contributed by atoms with Crippen LogP contribution in [0.5, 0.6) is 11.5 Å². The number of hydrogen-bond donors (Lipinski definition) is 0. The van der Waals surface area contributed by atoms with E-state index >= 15 is 0 Å². The zero-order valence-electron chi connectivity index (χ0n) is 13.0. The zero-order chi connectivity index (χ0) is 16.3. The highest BCUT2D eigenvalue weighted by Crippen LogP contribution is 2.34. The van der Waals surface area contributed by atoms with Crippen LogP contribution in [0.25, 0.3) is 0 Å². The molecular formula is C16H19NO4S. The topological polar surface area (TPSA) is 55.8 Å². The molecule has 2 rings (SSSR count). The van der Waals surface area contributed by atoms with Gasteiger partial charge in [0.05, 0.1) is 24.8 Å². The van der Waals surface area contributed by atoms with Crippen LogP contribution in [0.4, 0.5) is 5.69 Å². The molecule has 0 N–H and O–H groups in total. The van der Waals surface area contributed by atoms with Crippen molar-refractivity contribution < 1.29 is 17.9 Å². The minimum atomic E-state index is -3.65. The van der Waals surface area contributed by atoms with Crippen molar-refractivity contribution in [1.82, 2.24) is 0 Å². The van der Waals surface area contributed by atoms with Gasteiger partial charge in [-0.15, -0.1) is 0 Å². The maximum absolute atomic E-state index is 12.7. The molecule has 0 saturated carbocycles. The smallest absolute Gasteiger partial charge is 0.264 e. The summed E-state index contributed by atoms with van der Waals surface area (Å²) < 4.78 is 37.0. The van der Waals surface area contributed by atoms with Crippen molar-refractivity contribution in [2.75, 3.05) is 25.6 Å². The van der Waals surface area contributed by atoms with Crippen LogP contribution in [0.2, 0.25) is 0 Å². The zero-order valence-corrected chi connectivity index (χ0v) is 13.8. The summed E-state index contributed by atoms with van der Waals surface area (Å²) in [7, 11) is 0.885. The van der Waals surface area contributed by atoms with Gasteiger partial charge in [-0.3, -0.25) is 4.31 Å². The summed E-state index contributed by atoms with van der Waals surface area (Å²) in [6, 6.07) is 11.7. The van der Waals surface area contributed by atoms with Crippen molar-refractivity contribution >= 4 is 15.7 Å². The Morgan fingerprint density at radius 2 is 1.59 bits per heavy atom. The molecule has 0 radical (unpaired) electrons. The van der Waals surface area contributed by atoms with Gasteiger partial charge in [-0.2, -0.15) is 0 Å². The molecule has 0 spiro atoms. The van der Waals surface area contributed by atoms with Gasteiger partial charge in [0.1, 0.15) is 11.5 Å². The van der Waals surface area contributed by atoms with Crippen molar-refractivity contribution in [3.8, 4) is 11.5 Å². The van der Waals surface area contributed by atoms with E-state index in [4.69, 9.17) is 9.47 Å². The lowest BCUT2D eigenvalue weighted by Crippen LogP contribution is -2.27. The summed E-state index contributed by atoms with van der Waals surface area (Å²) >= 11 is 0. The summed E-state index contributed by atoms with van der Waals surface area (Å²) in [5.74, 6) is 1.03. The molecule has 0 amide bonds. The van der Waals surface area contributed by atoms with Gasteiger partial charge in [0, 0.05) is 13.1 Å². The van der Waals surface area contributed by atoms with Crippen molar-refractivity contribution in [3.63, 3.8) is 0 Å². The molecule has 0 heterocycles. The first-order valence-electron chi connectivity index (χ1n) is 6.67. The number of anilines is 1. The highest BCUT2D eigenvalue weighted by molar-refractivity contribution is 7.92. The highest BCUT2D eigenvalue weighted by Gasteiger charge is 2.23. The summed E-state index contributed by atoms with van der Waals surface area (Å²) in [6.07, 6.45) is 0. The first-order chi connectivity index (χ1) is 10.4. The van der Waals surface area contributed by atoms with Crippen LogP contribution in [0.3, 0.4) is 0 Å². The van der Waals surface area contributed by atoms with Crippen molar-refractivity contribution in [2.24, 2.45) is 0 Å². The Labute approximate surface area is 131 Å². The Kier molecular flexibility index (Phi) is 4.61. The molecule has 6 heteroatoms. The fraction of sp³-hybridized carbons (Fsp3) is 0.250. The molecule has 22 heavy (non-hydrogen) atoms. The third-order valence-corrected chi connectivity index (χ3v) is 5.19. The molecule has 0 fully saturated rings. The second-order valence-corrected chi connectivity index (χ2v) is 6.79. The molecule has 0 aliphatic rings. The van der Waals surface area contributed by atoms with Gasteiger partial charge in [0.25, 0.3) is 10.0 Å². The predicted octanol–water partition coefficient (Wildman–Crippen LogP) is 2.84. The number of benzene rings is 2. The first kappa shape index (κ1) is 16.2. The van der Waals surface area contributed by atoms with E-state index in [9.17, 15) is 8.42 Å². The third kappa shape index (κ3) is 3.01. The lowest BCUT2D eigenvalue weighted by molar-refractivity contribution is 0.395. The van der Waals surface area contributed by atoms with Gasteiger partial charge in [-0.1, -0.05) is 17.7 Å². The number of ether oxygens (including phenoxy) is 2. The van der Waals surface area contributed by atoms with Crippen LogP contribution >= 0.6 is 0 Å². The van der Waals surface area contributed by atoms with Crippen LogP contribution in [-0.4, -0.2) is 29.7 Å². The normalized spacial score (nSPS) is 11.1. The van der Waals surface area contributed by atoms with Gasteiger partial charge in [0.15, 0.2) is 0 Å². The summed E-state index contributed by atoms with van der Waals surface area (Å²) in [4.78, 5) is 0.235. The highest BCUT2D eigenvalue weighted by atomic mass is 32.2. The van der Waals surface area contributed by atoms with Gasteiger partial charge in [-0.25, -0.2) is 8.42 Å². The van der Waals surface area contributed by atoms with E-state index in [0.29, 0.717) is 17.2 Å². The van der Waals surface area contributed by atoms with Gasteiger partial charge < -0.3 is 9.47 Å². The number of nitrogens with zero attached hydrogens (tertiary/aromatic N) is 1. The van der Waals surface area contributed by atoms with E-state index < -0.39 is 10.0 Å². The summed E-state index contributed by atoms with van der Waals surface area (Å²) in [6.45, 7) is 1.91. The summed E-state index contributed by atoms with van der Waals surface area (Å²) in [5.41, 5.74) is 1.45. The van der Waals surface area contributed by atoms with Gasteiger partial charge in [-0.05, 0) is 31.2 Å². The quantitative estimate of drug-likeness (QED) is 0.850. The van der Waals surface area contributed by atoms with E-state index in [-0.39, 0.29) is 4.90 Å². The Morgan fingerprint density at radius 3 is 2.14 bits per heavy atom. The monoisotopic (exact) mass is 321 g/mol. The van der Waals surface area contributed by atoms with Crippen LogP contribution in [0.15, 0.2) is 47.4 Å². The summed E-state index contributed by atoms with van der Waals surface area (Å²) in [5, 5.41) is 0. The Hall–Kier alpha value is -2.21. The minimum Gasteiger partial charge on any atom is -0.497 e. The largest absolute Gasteiger partial charge is 0.497 e. The molecule has 0 aromatic heterocycles.